The predicted molar refractivity (Wildman–Crippen MR) is 123 cm³/mol. The zero-order valence-electron chi connectivity index (χ0n) is 18.7. The van der Waals surface area contributed by atoms with E-state index in [4.69, 9.17) is 16.0 Å². The molecule has 1 spiro atoms. The van der Waals surface area contributed by atoms with Crippen LogP contribution in [0.4, 0.5) is 0 Å². The van der Waals surface area contributed by atoms with E-state index >= 15 is 0 Å². The van der Waals surface area contributed by atoms with Gasteiger partial charge in [-0.25, -0.2) is 0 Å². The van der Waals surface area contributed by atoms with Gasteiger partial charge in [-0.3, -0.25) is 4.79 Å². The maximum Gasteiger partial charge on any atom is 0.226 e. The van der Waals surface area contributed by atoms with Crippen LogP contribution in [-0.2, 0) is 17.8 Å². The van der Waals surface area contributed by atoms with Gasteiger partial charge in [0.2, 0.25) is 5.91 Å². The summed E-state index contributed by atoms with van der Waals surface area (Å²) in [5.41, 5.74) is 1.62. The van der Waals surface area contributed by atoms with Crippen LogP contribution < -0.4 is 0 Å². The van der Waals surface area contributed by atoms with E-state index < -0.39 is 5.60 Å². The van der Waals surface area contributed by atoms with Crippen LogP contribution in [0.25, 0.3) is 11.3 Å². The zero-order valence-corrected chi connectivity index (χ0v) is 19.4. The Kier molecular flexibility index (Phi) is 4.27. The molecule has 0 radical (unpaired) electrons. The number of aliphatic hydroxyl groups excluding tert-OH is 1. The molecule has 174 valence electrons. The fourth-order valence-electron chi connectivity index (χ4n) is 8.73. The Balaban J connectivity index is 1.08. The van der Waals surface area contributed by atoms with Crippen LogP contribution in [-0.4, -0.2) is 39.2 Å². The largest absolute Gasteiger partial charge is 0.459 e. The van der Waals surface area contributed by atoms with Gasteiger partial charge in [0.25, 0.3) is 0 Å². The van der Waals surface area contributed by atoms with Crippen molar-refractivity contribution in [2.45, 2.75) is 63.2 Å². The van der Waals surface area contributed by atoms with Crippen LogP contribution in [0.2, 0.25) is 5.02 Å². The Morgan fingerprint density at radius 3 is 2.76 bits per heavy atom. The van der Waals surface area contributed by atoms with Gasteiger partial charge < -0.3 is 19.5 Å². The first kappa shape index (κ1) is 20.5. The van der Waals surface area contributed by atoms with E-state index in [0.29, 0.717) is 46.8 Å². The number of carbonyl (C=O) groups excluding carboxylic acids is 1. The number of hydrogen-bond acceptors (Lipinski definition) is 4. The van der Waals surface area contributed by atoms with E-state index in [0.717, 1.165) is 49.8 Å². The lowest BCUT2D eigenvalue weighted by atomic mass is 9.53. The van der Waals surface area contributed by atoms with Gasteiger partial charge in [0.15, 0.2) is 0 Å². The van der Waals surface area contributed by atoms with Gasteiger partial charge in [-0.2, -0.15) is 0 Å². The minimum Gasteiger partial charge on any atom is -0.459 e. The number of carbonyl (C=O) groups is 1. The summed E-state index contributed by atoms with van der Waals surface area (Å²) < 4.78 is 5.62. The van der Waals surface area contributed by atoms with Gasteiger partial charge in [0.05, 0.1) is 5.60 Å². The number of amides is 1. The van der Waals surface area contributed by atoms with Gasteiger partial charge in [0, 0.05) is 34.5 Å². The third-order valence-electron chi connectivity index (χ3n) is 10.0. The molecule has 5 nitrogen and oxygen atoms in total. The highest BCUT2D eigenvalue weighted by Crippen LogP contribution is 2.77. The molecule has 5 aliphatic rings. The lowest BCUT2D eigenvalue weighted by molar-refractivity contribution is -0.176. The molecule has 1 aromatic heterocycles. The molecule has 6 heteroatoms. The van der Waals surface area contributed by atoms with Crippen LogP contribution >= 0.6 is 11.6 Å². The van der Waals surface area contributed by atoms with Crippen molar-refractivity contribution in [3.63, 3.8) is 0 Å². The van der Waals surface area contributed by atoms with E-state index in [1.165, 1.54) is 6.42 Å². The maximum absolute atomic E-state index is 13.5. The molecule has 1 amide bonds. The molecule has 5 fully saturated rings. The standard InChI is InChI=1S/C27H30ClNO4/c28-22-9-16(23-4-3-21(14-30)33-23)2-1-15(22)7-17-5-6-29(25(17)31)24-18-8-20-13-27(32)12-19(24)11-26(20,27)10-18/h1-4,9,17-20,24,30,32H,5-8,10-14H2. The highest BCUT2D eigenvalue weighted by molar-refractivity contribution is 6.31. The van der Waals surface area contributed by atoms with Gasteiger partial charge >= 0.3 is 0 Å². The lowest BCUT2D eigenvalue weighted by Gasteiger charge is -2.55. The number of halogens is 1. The number of aliphatic hydroxyl groups is 2. The summed E-state index contributed by atoms with van der Waals surface area (Å²) in [7, 11) is 0. The Bertz CT molecular complexity index is 1140. The molecule has 7 rings (SSSR count). The second kappa shape index (κ2) is 6.87. The molecular weight excluding hydrogens is 438 g/mol. The number of rotatable bonds is 5. The van der Waals surface area contributed by atoms with Crippen molar-refractivity contribution in [3.05, 3.63) is 46.7 Å². The molecule has 7 atom stereocenters. The van der Waals surface area contributed by atoms with E-state index in [1.807, 2.05) is 24.3 Å². The van der Waals surface area contributed by atoms with Crippen LogP contribution in [0.5, 0.6) is 0 Å². The molecule has 4 aliphatic carbocycles. The van der Waals surface area contributed by atoms with E-state index in [2.05, 4.69) is 4.90 Å². The zero-order chi connectivity index (χ0) is 22.5. The quantitative estimate of drug-likeness (QED) is 0.682. The summed E-state index contributed by atoms with van der Waals surface area (Å²) in [6.45, 7) is 0.707. The average Bonchev–Trinajstić information content (AvgIpc) is 3.51. The number of nitrogens with zero attached hydrogens (tertiary/aromatic N) is 1. The van der Waals surface area contributed by atoms with Gasteiger partial charge in [-0.1, -0.05) is 23.7 Å². The van der Waals surface area contributed by atoms with E-state index in [9.17, 15) is 15.0 Å². The average molecular weight is 468 g/mol. The van der Waals surface area contributed by atoms with Crippen LogP contribution in [0, 0.1) is 29.1 Å². The highest BCUT2D eigenvalue weighted by atomic mass is 35.5. The van der Waals surface area contributed by atoms with Crippen molar-refractivity contribution in [2.75, 3.05) is 6.54 Å². The summed E-state index contributed by atoms with van der Waals surface area (Å²) in [6, 6.07) is 9.78. The summed E-state index contributed by atoms with van der Waals surface area (Å²) in [6.07, 6.45) is 6.89. The normalized spacial score (nSPS) is 40.5. The first-order valence-electron chi connectivity index (χ1n) is 12.4. The van der Waals surface area contributed by atoms with Crippen molar-refractivity contribution in [2.24, 2.45) is 29.1 Å². The van der Waals surface area contributed by atoms with Crippen LogP contribution in [0.3, 0.4) is 0 Å². The molecule has 2 N–H and O–H groups in total. The molecule has 1 aliphatic heterocycles. The Morgan fingerprint density at radius 1 is 1.12 bits per heavy atom. The summed E-state index contributed by atoms with van der Waals surface area (Å²) in [5.74, 6) is 3.20. The van der Waals surface area contributed by atoms with Crippen molar-refractivity contribution >= 4 is 17.5 Å². The van der Waals surface area contributed by atoms with Crippen molar-refractivity contribution in [1.82, 2.24) is 4.90 Å². The van der Waals surface area contributed by atoms with Crippen molar-refractivity contribution < 1.29 is 19.4 Å². The molecule has 3 bridgehead atoms. The minimum absolute atomic E-state index is 0.0231. The van der Waals surface area contributed by atoms with Crippen molar-refractivity contribution in [3.8, 4) is 11.3 Å². The molecule has 7 unspecified atom stereocenters. The Morgan fingerprint density at radius 2 is 1.97 bits per heavy atom. The minimum atomic E-state index is -0.435. The first-order valence-corrected chi connectivity index (χ1v) is 12.8. The topological polar surface area (TPSA) is 73.9 Å². The third-order valence-corrected chi connectivity index (χ3v) is 10.4. The second-order valence-corrected chi connectivity index (χ2v) is 11.8. The number of fused-ring (bicyclic) bond motifs is 2. The fourth-order valence-corrected chi connectivity index (χ4v) is 8.99. The molecule has 2 aromatic rings. The molecule has 33 heavy (non-hydrogen) atoms. The second-order valence-electron chi connectivity index (χ2n) is 11.4. The Hall–Kier alpha value is -1.82. The number of furan rings is 1. The Labute approximate surface area is 198 Å². The van der Waals surface area contributed by atoms with Gasteiger partial charge in [-0.15, -0.1) is 0 Å². The number of hydrogen-bond donors (Lipinski definition) is 2. The van der Waals surface area contributed by atoms with Gasteiger partial charge in [-0.05, 0) is 86.5 Å². The predicted octanol–water partition coefficient (Wildman–Crippen LogP) is 4.42. The lowest BCUT2D eigenvalue weighted by Crippen LogP contribution is -2.57. The SMILES string of the molecule is O=C1C(Cc2ccc(-c3ccc(CO)o3)cc2Cl)CCN1C1C2CC3CC4(O)CC1CC34C2. The fraction of sp³-hybridized carbons (Fsp3) is 0.593. The first-order chi connectivity index (χ1) is 15.9. The molecule has 1 saturated heterocycles. The number of benzene rings is 1. The molecule has 4 saturated carbocycles. The summed E-state index contributed by atoms with van der Waals surface area (Å²) >= 11 is 6.63. The molecule has 1 aromatic carbocycles. The molecule has 2 heterocycles. The maximum atomic E-state index is 13.5. The van der Waals surface area contributed by atoms with Crippen LogP contribution in [0.15, 0.2) is 34.7 Å². The molecular formula is C27H30ClNO4. The summed E-state index contributed by atoms with van der Waals surface area (Å²) in [5, 5.41) is 21.1. The van der Waals surface area contributed by atoms with Gasteiger partial charge in [0.1, 0.15) is 18.1 Å². The highest BCUT2D eigenvalue weighted by Gasteiger charge is 2.76. The van der Waals surface area contributed by atoms with Crippen LogP contribution in [0.1, 0.15) is 49.8 Å². The van der Waals surface area contributed by atoms with E-state index in [-0.39, 0.29) is 23.8 Å². The monoisotopic (exact) mass is 467 g/mol. The smallest absolute Gasteiger partial charge is 0.226 e. The van der Waals surface area contributed by atoms with E-state index in [1.54, 1.807) is 6.07 Å². The summed E-state index contributed by atoms with van der Waals surface area (Å²) in [4.78, 5) is 15.7. The van der Waals surface area contributed by atoms with Crippen molar-refractivity contribution in [1.29, 1.82) is 0 Å². The number of likely N-dealkylation sites (tertiary alicyclic amines) is 1. The third kappa shape index (κ3) is 2.70.